The van der Waals surface area contributed by atoms with E-state index in [-0.39, 0.29) is 35.0 Å². The van der Waals surface area contributed by atoms with Gasteiger partial charge in [-0.25, -0.2) is 25.4 Å². The number of aliphatic imine (C=N–C) groups is 2. The molecule has 2 aliphatic heterocycles. The highest BCUT2D eigenvalue weighted by molar-refractivity contribution is 7.99. The predicted molar refractivity (Wildman–Crippen MR) is 228 cm³/mol. The highest BCUT2D eigenvalue weighted by Gasteiger charge is 2.39. The molecule has 2 heterocycles. The fourth-order valence-electron chi connectivity index (χ4n) is 7.21. The topological polar surface area (TPSA) is 99.5 Å². The molecule has 2 aliphatic rings. The molecule has 0 saturated heterocycles. The van der Waals surface area contributed by atoms with E-state index in [1.54, 1.807) is 48.5 Å². The summed E-state index contributed by atoms with van der Waals surface area (Å²) >= 11 is 1.44. The first-order valence-electron chi connectivity index (χ1n) is 18.9. The molecular weight excluding hydrogens is 769 g/mol. The van der Waals surface area contributed by atoms with Crippen molar-refractivity contribution in [3.8, 4) is 0 Å². The van der Waals surface area contributed by atoms with Crippen LogP contribution in [0.5, 0.6) is 0 Å². The maximum Gasteiger partial charge on any atom is 0.265 e. The highest BCUT2D eigenvalue weighted by Crippen LogP contribution is 2.38. The zero-order valence-electron chi connectivity index (χ0n) is 31.6. The molecule has 0 unspecified atom stereocenters. The smallest absolute Gasteiger partial charge is 0.261 e. The van der Waals surface area contributed by atoms with Crippen LogP contribution in [0.1, 0.15) is 33.4 Å². The molecule has 11 heteroatoms. The number of aryl methyl sites for hydroxylation is 2. The van der Waals surface area contributed by atoms with Crippen molar-refractivity contribution < 1.29 is 16.8 Å². The van der Waals surface area contributed by atoms with Crippen molar-refractivity contribution >= 4 is 43.5 Å². The second-order valence-corrected chi connectivity index (χ2v) is 19.2. The summed E-state index contributed by atoms with van der Waals surface area (Å²) in [6, 6.07) is 48.5. The van der Waals surface area contributed by atoms with Crippen LogP contribution in [-0.4, -0.2) is 62.3 Å². The van der Waals surface area contributed by atoms with Crippen molar-refractivity contribution in [3.05, 3.63) is 191 Å². The molecule has 0 amide bonds. The molecule has 6 aromatic rings. The van der Waals surface area contributed by atoms with Gasteiger partial charge in [-0.2, -0.15) is 0 Å². The standard InChI is InChI=1S/C46H42N4O4S3/c1-33-21-25-39(26-22-33)56(51,52)49-31-37(29-35-13-5-3-6-14-35)47-45(49)41-17-9-11-19-43(41)55-44-20-12-10-18-42(44)46-48-38(30-36-15-7-4-8-16-36)32-50(46)57(53,54)40-27-23-34(2)24-28-40/h3-28,37-38H,29-32H2,1-2H3/t37-,38-/m0/s1. The van der Waals surface area contributed by atoms with E-state index in [0.29, 0.717) is 35.6 Å². The SMILES string of the molecule is Cc1ccc(S(=O)(=O)N2C[C@H](Cc3ccccc3)N=C2c2ccccc2Sc2ccccc2C2=N[C@@H](Cc3ccccc3)CN2S(=O)(=O)c2ccc(C)cc2)cc1. The van der Waals surface area contributed by atoms with Crippen LogP contribution in [0.25, 0.3) is 0 Å². The summed E-state index contributed by atoms with van der Waals surface area (Å²) in [4.78, 5) is 12.2. The first kappa shape index (κ1) is 38.4. The Hall–Kier alpha value is -5.49. The first-order valence-corrected chi connectivity index (χ1v) is 22.5. The molecule has 0 spiro atoms. The first-order chi connectivity index (χ1) is 27.6. The number of nitrogens with zero attached hydrogens (tertiary/aromatic N) is 4. The zero-order valence-corrected chi connectivity index (χ0v) is 34.1. The Morgan fingerprint density at radius 2 is 0.842 bits per heavy atom. The summed E-state index contributed by atoms with van der Waals surface area (Å²) in [5, 5.41) is 0. The molecule has 8 nitrogen and oxygen atoms in total. The van der Waals surface area contributed by atoms with Crippen molar-refractivity contribution in [1.29, 1.82) is 0 Å². The van der Waals surface area contributed by atoms with E-state index >= 15 is 0 Å². The van der Waals surface area contributed by atoms with Gasteiger partial charge in [-0.05, 0) is 74.2 Å². The maximum absolute atomic E-state index is 14.4. The van der Waals surface area contributed by atoms with Gasteiger partial charge in [0.2, 0.25) is 0 Å². The van der Waals surface area contributed by atoms with Crippen LogP contribution in [0.2, 0.25) is 0 Å². The molecule has 0 saturated carbocycles. The predicted octanol–water partition coefficient (Wildman–Crippen LogP) is 8.58. The van der Waals surface area contributed by atoms with Gasteiger partial charge in [0.1, 0.15) is 11.7 Å². The van der Waals surface area contributed by atoms with E-state index in [9.17, 15) is 16.8 Å². The van der Waals surface area contributed by atoms with Crippen LogP contribution in [-0.2, 0) is 32.9 Å². The number of amidine groups is 2. The molecule has 8 rings (SSSR count). The lowest BCUT2D eigenvalue weighted by Gasteiger charge is -2.24. The normalized spacial score (nSPS) is 17.1. The number of sulfonamides is 2. The Labute approximate surface area is 339 Å². The number of hydrogen-bond donors (Lipinski definition) is 0. The molecule has 57 heavy (non-hydrogen) atoms. The summed E-state index contributed by atoms with van der Waals surface area (Å²) < 4.78 is 60.5. The summed E-state index contributed by atoms with van der Waals surface area (Å²) in [7, 11) is -7.95. The Morgan fingerprint density at radius 1 is 0.491 bits per heavy atom. The second kappa shape index (κ2) is 16.2. The Balaban J connectivity index is 1.19. The van der Waals surface area contributed by atoms with Crippen molar-refractivity contribution in [1.82, 2.24) is 8.61 Å². The number of rotatable bonds is 12. The van der Waals surface area contributed by atoms with Gasteiger partial charge in [0, 0.05) is 20.9 Å². The van der Waals surface area contributed by atoms with E-state index in [0.717, 1.165) is 32.0 Å². The average Bonchev–Trinajstić information content (AvgIpc) is 3.85. The van der Waals surface area contributed by atoms with Crippen molar-refractivity contribution in [2.45, 2.75) is 58.4 Å². The van der Waals surface area contributed by atoms with Crippen LogP contribution in [0, 0.1) is 13.8 Å². The Bertz CT molecular complexity index is 2480. The molecule has 288 valence electrons. The van der Waals surface area contributed by atoms with E-state index in [4.69, 9.17) is 9.98 Å². The van der Waals surface area contributed by atoms with Gasteiger partial charge in [0.25, 0.3) is 20.0 Å². The van der Waals surface area contributed by atoms with E-state index in [2.05, 4.69) is 0 Å². The van der Waals surface area contributed by atoms with Gasteiger partial charge in [-0.3, -0.25) is 9.98 Å². The quantitative estimate of drug-likeness (QED) is 0.123. The lowest BCUT2D eigenvalue weighted by Crippen LogP contribution is -2.36. The molecule has 6 aromatic carbocycles. The largest absolute Gasteiger partial charge is 0.265 e. The van der Waals surface area contributed by atoms with Crippen LogP contribution in [0.4, 0.5) is 0 Å². The molecule has 0 bridgehead atoms. The number of benzene rings is 6. The van der Waals surface area contributed by atoms with Gasteiger partial charge in [-0.15, -0.1) is 0 Å². The minimum absolute atomic E-state index is 0.196. The molecule has 0 aromatic heterocycles. The van der Waals surface area contributed by atoms with Crippen LogP contribution in [0.3, 0.4) is 0 Å². The van der Waals surface area contributed by atoms with Crippen LogP contribution >= 0.6 is 11.8 Å². The fraction of sp³-hybridized carbons (Fsp3) is 0.174. The lowest BCUT2D eigenvalue weighted by molar-refractivity contribution is 0.513. The third-order valence-corrected chi connectivity index (χ3v) is 14.8. The third-order valence-electron chi connectivity index (χ3n) is 10.2. The molecule has 0 fully saturated rings. The second-order valence-electron chi connectivity index (χ2n) is 14.4. The Kier molecular flexibility index (Phi) is 10.9. The van der Waals surface area contributed by atoms with E-state index in [1.165, 1.54) is 20.4 Å². The highest BCUT2D eigenvalue weighted by atomic mass is 32.2. The minimum atomic E-state index is -3.97. The zero-order chi connectivity index (χ0) is 39.6. The molecule has 0 aliphatic carbocycles. The molecule has 0 N–H and O–H groups in total. The molecule has 2 atom stereocenters. The lowest BCUT2D eigenvalue weighted by atomic mass is 10.1. The van der Waals surface area contributed by atoms with Gasteiger partial charge in [-0.1, -0.05) is 144 Å². The minimum Gasteiger partial charge on any atom is -0.261 e. The van der Waals surface area contributed by atoms with E-state index in [1.807, 2.05) is 123 Å². The van der Waals surface area contributed by atoms with Gasteiger partial charge >= 0.3 is 0 Å². The summed E-state index contributed by atoms with van der Waals surface area (Å²) in [6.07, 6.45) is 1.16. The third kappa shape index (κ3) is 8.18. The van der Waals surface area contributed by atoms with Gasteiger partial charge in [0.15, 0.2) is 0 Å². The average molecular weight is 811 g/mol. The Morgan fingerprint density at radius 3 is 1.23 bits per heavy atom. The van der Waals surface area contributed by atoms with Crippen molar-refractivity contribution in [3.63, 3.8) is 0 Å². The van der Waals surface area contributed by atoms with Crippen LogP contribution < -0.4 is 0 Å². The monoisotopic (exact) mass is 810 g/mol. The summed E-state index contributed by atoms with van der Waals surface area (Å²) in [5.74, 6) is 0.753. The van der Waals surface area contributed by atoms with Crippen molar-refractivity contribution in [2.75, 3.05) is 13.1 Å². The van der Waals surface area contributed by atoms with Crippen LogP contribution in [0.15, 0.2) is 187 Å². The van der Waals surface area contributed by atoms with E-state index < -0.39 is 20.0 Å². The molecule has 0 radical (unpaired) electrons. The summed E-state index contributed by atoms with van der Waals surface area (Å²) in [6.45, 7) is 4.25. The van der Waals surface area contributed by atoms with Gasteiger partial charge < -0.3 is 0 Å². The fourth-order valence-corrected chi connectivity index (χ4v) is 11.2. The molecular formula is C46H42N4O4S3. The maximum atomic E-state index is 14.4. The summed E-state index contributed by atoms with van der Waals surface area (Å²) in [5.41, 5.74) is 5.42. The van der Waals surface area contributed by atoms with Crippen molar-refractivity contribution in [2.24, 2.45) is 9.98 Å². The van der Waals surface area contributed by atoms with Gasteiger partial charge in [0.05, 0.1) is 35.0 Å². The number of hydrogen-bond acceptors (Lipinski definition) is 7.